The number of hydrogen-bond donors (Lipinski definition) is 0. The van der Waals surface area contributed by atoms with E-state index in [0.29, 0.717) is 19.3 Å². The second kappa shape index (κ2) is 59.9. The highest BCUT2D eigenvalue weighted by Gasteiger charge is 2.19. The van der Waals surface area contributed by atoms with Gasteiger partial charge in [-0.3, -0.25) is 14.4 Å². The zero-order chi connectivity index (χ0) is 52.2. The van der Waals surface area contributed by atoms with Gasteiger partial charge >= 0.3 is 17.9 Å². The van der Waals surface area contributed by atoms with Crippen LogP contribution in [0.4, 0.5) is 0 Å². The first-order valence-corrected chi connectivity index (χ1v) is 30.3. The van der Waals surface area contributed by atoms with Crippen molar-refractivity contribution in [1.82, 2.24) is 0 Å². The number of carbonyl (C=O) groups is 3. The van der Waals surface area contributed by atoms with Gasteiger partial charge in [0.2, 0.25) is 0 Å². The standard InChI is InChI=1S/C66H112O6/c1-4-7-10-13-16-19-22-25-28-31-33-36-38-41-44-47-50-53-56-59-65(68)71-62-63(61-70-64(67)58-55-52-49-46-43-40-37-34-30-27-24-21-18-15-12-9-6-3)72-66(69)60-57-54-51-48-45-42-39-35-32-29-26-23-20-17-14-11-8-5-2/h9,12,15,18,21,24,27,30-31,33-35,37,39-40,43,63H,4-8,10-11,13-14,16-17,19-20,22-23,25-26,28-29,32,36,38,41-42,44-62H2,1-3H3/b12-9-,18-15-,24-21-,30-27-,33-31-,37-34+,39-35-,43-40-. The van der Waals surface area contributed by atoms with E-state index in [4.69, 9.17) is 14.2 Å². The largest absolute Gasteiger partial charge is 0.462 e. The third-order valence-electron chi connectivity index (χ3n) is 13.0. The van der Waals surface area contributed by atoms with Crippen LogP contribution >= 0.6 is 0 Å². The molecular formula is C66H112O6. The van der Waals surface area contributed by atoms with Gasteiger partial charge < -0.3 is 14.2 Å². The summed E-state index contributed by atoms with van der Waals surface area (Å²) < 4.78 is 16.9. The highest BCUT2D eigenvalue weighted by atomic mass is 16.6. The number of carbonyl (C=O) groups excluding carboxylic acids is 3. The summed E-state index contributed by atoms with van der Waals surface area (Å²) in [5, 5.41) is 0. The molecule has 0 rings (SSSR count). The fraction of sp³-hybridized carbons (Fsp3) is 0.712. The van der Waals surface area contributed by atoms with Gasteiger partial charge in [-0.05, 0) is 89.9 Å². The SMILES string of the molecule is CC\C=C/C=C\C=C/C=C\C=C\C=C/CCCCCC(=O)OCC(COC(=O)CCCCCCCCC/C=C\CCCCCCCCCC)OC(=O)CCCCCCC/C=C\CCCCCCCCCCC. The number of hydrogen-bond acceptors (Lipinski definition) is 6. The predicted molar refractivity (Wildman–Crippen MR) is 311 cm³/mol. The summed E-state index contributed by atoms with van der Waals surface area (Å²) in [4.78, 5) is 38.2. The van der Waals surface area contributed by atoms with E-state index in [1.165, 1.54) is 161 Å². The second-order valence-corrected chi connectivity index (χ2v) is 20.0. The van der Waals surface area contributed by atoms with E-state index in [2.05, 4.69) is 57.2 Å². The summed E-state index contributed by atoms with van der Waals surface area (Å²) in [5.74, 6) is -0.948. The summed E-state index contributed by atoms with van der Waals surface area (Å²) in [7, 11) is 0. The van der Waals surface area contributed by atoms with Crippen LogP contribution in [0.15, 0.2) is 97.2 Å². The Labute approximate surface area is 445 Å². The average molecular weight is 1000 g/mol. The van der Waals surface area contributed by atoms with Crippen LogP contribution in [0.2, 0.25) is 0 Å². The minimum atomic E-state index is -0.804. The van der Waals surface area contributed by atoms with Gasteiger partial charge in [-0.15, -0.1) is 0 Å². The molecule has 0 bridgehead atoms. The Morgan fingerprint density at radius 1 is 0.292 bits per heavy atom. The fourth-order valence-corrected chi connectivity index (χ4v) is 8.41. The fourth-order valence-electron chi connectivity index (χ4n) is 8.41. The van der Waals surface area contributed by atoms with Crippen LogP contribution in [0.1, 0.15) is 284 Å². The molecule has 0 saturated carbocycles. The highest BCUT2D eigenvalue weighted by Crippen LogP contribution is 2.15. The first-order chi connectivity index (χ1) is 35.5. The lowest BCUT2D eigenvalue weighted by Crippen LogP contribution is -2.30. The summed E-state index contributed by atoms with van der Waals surface area (Å²) >= 11 is 0. The Kier molecular flexibility index (Phi) is 56.8. The van der Waals surface area contributed by atoms with Crippen LogP contribution in [0.3, 0.4) is 0 Å². The van der Waals surface area contributed by atoms with Crippen LogP contribution in [0.5, 0.6) is 0 Å². The van der Waals surface area contributed by atoms with Crippen molar-refractivity contribution in [1.29, 1.82) is 0 Å². The topological polar surface area (TPSA) is 78.9 Å². The maximum absolute atomic E-state index is 12.9. The van der Waals surface area contributed by atoms with E-state index in [1.54, 1.807) is 0 Å². The van der Waals surface area contributed by atoms with Crippen molar-refractivity contribution >= 4 is 17.9 Å². The van der Waals surface area contributed by atoms with E-state index >= 15 is 0 Å². The van der Waals surface area contributed by atoms with Crippen molar-refractivity contribution in [3.63, 3.8) is 0 Å². The molecule has 1 atom stereocenters. The first kappa shape index (κ1) is 68.3. The highest BCUT2D eigenvalue weighted by molar-refractivity contribution is 5.71. The number of unbranched alkanes of at least 4 members (excludes halogenated alkanes) is 32. The Morgan fingerprint density at radius 2 is 0.556 bits per heavy atom. The first-order valence-electron chi connectivity index (χ1n) is 30.3. The summed E-state index contributed by atoms with van der Waals surface area (Å²) in [6.45, 7) is 6.47. The second-order valence-electron chi connectivity index (χ2n) is 20.0. The normalized spacial score (nSPS) is 12.8. The number of ether oxygens (including phenoxy) is 3. The van der Waals surface area contributed by atoms with Crippen molar-refractivity contribution < 1.29 is 28.6 Å². The van der Waals surface area contributed by atoms with Crippen molar-refractivity contribution in [3.05, 3.63) is 97.2 Å². The maximum Gasteiger partial charge on any atom is 0.306 e. The van der Waals surface area contributed by atoms with Crippen molar-refractivity contribution in [2.45, 2.75) is 290 Å². The summed E-state index contributed by atoms with van der Waals surface area (Å²) in [5.41, 5.74) is 0. The van der Waals surface area contributed by atoms with Crippen molar-refractivity contribution in [2.75, 3.05) is 13.2 Å². The predicted octanol–water partition coefficient (Wildman–Crippen LogP) is 20.5. The van der Waals surface area contributed by atoms with Gasteiger partial charge in [0.05, 0.1) is 0 Å². The minimum absolute atomic E-state index is 0.0976. The van der Waals surface area contributed by atoms with Crippen molar-refractivity contribution in [2.24, 2.45) is 0 Å². The molecule has 0 fully saturated rings. The van der Waals surface area contributed by atoms with Crippen LogP contribution in [-0.2, 0) is 28.6 Å². The van der Waals surface area contributed by atoms with Gasteiger partial charge in [0.15, 0.2) is 6.10 Å². The Bertz CT molecular complexity index is 1430. The zero-order valence-corrected chi connectivity index (χ0v) is 47.2. The third kappa shape index (κ3) is 57.2. The molecule has 6 nitrogen and oxygen atoms in total. The van der Waals surface area contributed by atoms with Crippen LogP contribution in [0.25, 0.3) is 0 Å². The number of rotatable bonds is 54. The van der Waals surface area contributed by atoms with E-state index in [1.807, 2.05) is 60.8 Å². The molecule has 0 radical (unpaired) electrons. The molecular weight excluding hydrogens is 889 g/mol. The molecule has 0 saturated heterocycles. The van der Waals surface area contributed by atoms with E-state index in [9.17, 15) is 14.4 Å². The lowest BCUT2D eigenvalue weighted by atomic mass is 10.1. The van der Waals surface area contributed by atoms with E-state index < -0.39 is 6.10 Å². The molecule has 0 aliphatic carbocycles. The smallest absolute Gasteiger partial charge is 0.306 e. The van der Waals surface area contributed by atoms with Gasteiger partial charge in [0, 0.05) is 19.3 Å². The lowest BCUT2D eigenvalue weighted by molar-refractivity contribution is -0.167. The van der Waals surface area contributed by atoms with Gasteiger partial charge in [0.1, 0.15) is 13.2 Å². The molecule has 0 aromatic carbocycles. The maximum atomic E-state index is 12.9. The lowest BCUT2D eigenvalue weighted by Gasteiger charge is -2.18. The molecule has 1 unspecified atom stereocenters. The van der Waals surface area contributed by atoms with E-state index in [0.717, 1.165) is 83.5 Å². The summed E-state index contributed by atoms with van der Waals surface area (Å²) in [6.07, 6.45) is 79.7. The quantitative estimate of drug-likeness (QED) is 0.0199. The van der Waals surface area contributed by atoms with Crippen LogP contribution in [-0.4, -0.2) is 37.2 Å². The molecule has 0 aliphatic heterocycles. The van der Waals surface area contributed by atoms with Gasteiger partial charge in [-0.25, -0.2) is 0 Å². The van der Waals surface area contributed by atoms with Crippen molar-refractivity contribution in [3.8, 4) is 0 Å². The Hall–Kier alpha value is -3.67. The van der Waals surface area contributed by atoms with Gasteiger partial charge in [-0.1, -0.05) is 272 Å². The molecule has 412 valence electrons. The Balaban J connectivity index is 4.47. The molecule has 0 amide bonds. The molecule has 0 spiro atoms. The van der Waals surface area contributed by atoms with Gasteiger partial charge in [0.25, 0.3) is 0 Å². The zero-order valence-electron chi connectivity index (χ0n) is 47.2. The average Bonchev–Trinajstić information content (AvgIpc) is 3.38. The van der Waals surface area contributed by atoms with Crippen LogP contribution in [0, 0.1) is 0 Å². The minimum Gasteiger partial charge on any atom is -0.462 e. The third-order valence-corrected chi connectivity index (χ3v) is 13.0. The number of esters is 3. The molecule has 0 aromatic heterocycles. The van der Waals surface area contributed by atoms with Crippen LogP contribution < -0.4 is 0 Å². The van der Waals surface area contributed by atoms with Gasteiger partial charge in [-0.2, -0.15) is 0 Å². The molecule has 72 heavy (non-hydrogen) atoms. The number of allylic oxidation sites excluding steroid dienone is 16. The Morgan fingerprint density at radius 3 is 0.903 bits per heavy atom. The van der Waals surface area contributed by atoms with E-state index in [-0.39, 0.29) is 31.1 Å². The molecule has 0 N–H and O–H groups in total. The summed E-state index contributed by atoms with van der Waals surface area (Å²) in [6, 6.07) is 0. The molecule has 0 aromatic rings. The monoisotopic (exact) mass is 1000 g/mol. The molecule has 6 heteroatoms. The molecule has 0 aliphatic rings. The molecule has 0 heterocycles.